The van der Waals surface area contributed by atoms with Gasteiger partial charge in [0, 0.05) is 25.7 Å². The quantitative estimate of drug-likeness (QED) is 0.0169. The molecule has 0 radical (unpaired) electrons. The van der Waals surface area contributed by atoms with Crippen LogP contribution < -0.4 is 0 Å². The second kappa shape index (κ2) is 75.9. The van der Waals surface area contributed by atoms with Crippen molar-refractivity contribution in [3.8, 4) is 0 Å². The molecule has 0 aromatic rings. The molecule has 0 aliphatic rings. The largest absolute Gasteiger partial charge is 0.472 e. The van der Waals surface area contributed by atoms with E-state index < -0.39 is 97.5 Å². The Bertz CT molecular complexity index is 2590. The van der Waals surface area contributed by atoms with E-state index in [2.05, 4.69) is 186 Å². The fourth-order valence-electron chi connectivity index (χ4n) is 9.95. The lowest BCUT2D eigenvalue weighted by Gasteiger charge is -2.21. The SMILES string of the molecule is CC/C=C\C/C=C\C/C=C\C/C=C\CCCCCCC(=O)OC(COC(=O)CCCCCCCC/C=C\C/C=C\C/C=C\CCCCC)COP(=O)(O)OCC(O)COP(=O)(O)OCC(COC(=O)CCCC/C=C\C/C=C\C/C=C\C/C=C\CC)OC(=O)CCCCCCC/C=C\C/C=C\CCC. The van der Waals surface area contributed by atoms with Gasteiger partial charge in [0.2, 0.25) is 0 Å². The summed E-state index contributed by atoms with van der Waals surface area (Å²) in [6, 6.07) is 0. The third kappa shape index (κ3) is 74.9. The van der Waals surface area contributed by atoms with Gasteiger partial charge < -0.3 is 33.8 Å². The molecule has 0 heterocycles. The molecule has 17 nitrogen and oxygen atoms in total. The van der Waals surface area contributed by atoms with Crippen molar-refractivity contribution in [3.63, 3.8) is 0 Å². The fourth-order valence-corrected chi connectivity index (χ4v) is 11.5. The summed E-state index contributed by atoms with van der Waals surface area (Å²) in [6.45, 7) is 4.44. The van der Waals surface area contributed by atoms with E-state index in [1.54, 1.807) is 0 Å². The minimum Gasteiger partial charge on any atom is -0.462 e. The lowest BCUT2D eigenvalue weighted by molar-refractivity contribution is -0.161. The van der Waals surface area contributed by atoms with Gasteiger partial charge in [0.1, 0.15) is 19.3 Å². The minimum absolute atomic E-state index is 0.0577. The summed E-state index contributed by atoms with van der Waals surface area (Å²) in [5, 5.41) is 10.6. The Morgan fingerprint density at radius 2 is 0.519 bits per heavy atom. The van der Waals surface area contributed by atoms with Gasteiger partial charge in [-0.05, 0) is 167 Å². The van der Waals surface area contributed by atoms with Gasteiger partial charge in [0.05, 0.1) is 26.4 Å². The lowest BCUT2D eigenvalue weighted by atomic mass is 10.1. The number of ether oxygens (including phenoxy) is 4. The zero-order chi connectivity index (χ0) is 76.0. The van der Waals surface area contributed by atoms with Crippen LogP contribution in [0.1, 0.15) is 297 Å². The van der Waals surface area contributed by atoms with Gasteiger partial charge >= 0.3 is 39.5 Å². The van der Waals surface area contributed by atoms with E-state index in [1.807, 2.05) is 0 Å². The second-order valence-electron chi connectivity index (χ2n) is 25.9. The number of esters is 4. The normalized spacial score (nSPS) is 14.7. The molecular weight excluding hydrogens is 1350 g/mol. The van der Waals surface area contributed by atoms with Crippen molar-refractivity contribution in [2.75, 3.05) is 39.6 Å². The number of aliphatic hydroxyl groups is 1. The maximum absolute atomic E-state index is 13.1. The van der Waals surface area contributed by atoms with Crippen LogP contribution in [0.3, 0.4) is 0 Å². The molecule has 0 bridgehead atoms. The van der Waals surface area contributed by atoms with Crippen LogP contribution in [-0.2, 0) is 65.4 Å². The van der Waals surface area contributed by atoms with E-state index in [1.165, 1.54) is 19.3 Å². The molecule has 0 aromatic carbocycles. The van der Waals surface area contributed by atoms with Gasteiger partial charge in [-0.3, -0.25) is 37.3 Å². The number of rotatable bonds is 73. The average molecular weight is 1500 g/mol. The van der Waals surface area contributed by atoms with Crippen LogP contribution in [0.15, 0.2) is 158 Å². The summed E-state index contributed by atoms with van der Waals surface area (Å²) >= 11 is 0. The summed E-state index contributed by atoms with van der Waals surface area (Å²) in [5.41, 5.74) is 0. The van der Waals surface area contributed by atoms with Crippen LogP contribution in [0.25, 0.3) is 0 Å². The minimum atomic E-state index is -5.00. The molecule has 104 heavy (non-hydrogen) atoms. The van der Waals surface area contributed by atoms with Crippen LogP contribution in [0, 0.1) is 0 Å². The molecule has 5 atom stereocenters. The molecule has 19 heteroatoms. The average Bonchev–Trinajstić information content (AvgIpc) is 0.917. The van der Waals surface area contributed by atoms with Gasteiger partial charge in [-0.25, -0.2) is 9.13 Å². The molecule has 5 unspecified atom stereocenters. The predicted molar refractivity (Wildman–Crippen MR) is 427 cm³/mol. The number of carbonyl (C=O) groups is 4. The number of hydrogen-bond donors (Lipinski definition) is 3. The Morgan fingerprint density at radius 1 is 0.279 bits per heavy atom. The number of unbranched alkanes of at least 4 members (excludes halogenated alkanes) is 21. The van der Waals surface area contributed by atoms with Gasteiger partial charge in [-0.15, -0.1) is 0 Å². The first kappa shape index (κ1) is 98.7. The Kier molecular flexibility index (Phi) is 72.0. The van der Waals surface area contributed by atoms with Crippen molar-refractivity contribution in [3.05, 3.63) is 158 Å². The Morgan fingerprint density at radius 3 is 0.827 bits per heavy atom. The smallest absolute Gasteiger partial charge is 0.462 e. The van der Waals surface area contributed by atoms with Crippen molar-refractivity contribution < 1.29 is 80.2 Å². The highest BCUT2D eigenvalue weighted by atomic mass is 31.2. The molecule has 0 fully saturated rings. The molecule has 3 N–H and O–H groups in total. The summed E-state index contributed by atoms with van der Waals surface area (Å²) in [7, 11) is -9.99. The third-order valence-electron chi connectivity index (χ3n) is 15.9. The Balaban J connectivity index is 5.44. The van der Waals surface area contributed by atoms with E-state index in [9.17, 15) is 43.2 Å². The van der Waals surface area contributed by atoms with Gasteiger partial charge in [-0.2, -0.15) is 0 Å². The van der Waals surface area contributed by atoms with E-state index in [4.69, 9.17) is 37.0 Å². The number of phosphoric acid groups is 2. The Labute approximate surface area is 629 Å². The first-order valence-electron chi connectivity index (χ1n) is 39.7. The van der Waals surface area contributed by atoms with Crippen molar-refractivity contribution in [1.82, 2.24) is 0 Å². The number of phosphoric ester groups is 2. The van der Waals surface area contributed by atoms with Crippen LogP contribution in [0.5, 0.6) is 0 Å². The molecule has 0 saturated heterocycles. The van der Waals surface area contributed by atoms with Gasteiger partial charge in [-0.1, -0.05) is 263 Å². The van der Waals surface area contributed by atoms with Crippen LogP contribution >= 0.6 is 15.6 Å². The Hall–Kier alpha value is -5.32. The summed E-state index contributed by atoms with van der Waals surface area (Å²) < 4.78 is 68.5. The zero-order valence-electron chi connectivity index (χ0n) is 64.6. The highest BCUT2D eigenvalue weighted by molar-refractivity contribution is 7.47. The highest BCUT2D eigenvalue weighted by Gasteiger charge is 2.30. The van der Waals surface area contributed by atoms with Crippen LogP contribution in [0.2, 0.25) is 0 Å². The fraction of sp³-hybridized carbons (Fsp3) is 0.647. The maximum Gasteiger partial charge on any atom is 0.472 e. The van der Waals surface area contributed by atoms with E-state index in [0.717, 1.165) is 199 Å². The summed E-state index contributed by atoms with van der Waals surface area (Å²) in [4.78, 5) is 73.0. The van der Waals surface area contributed by atoms with Crippen molar-refractivity contribution in [2.24, 2.45) is 0 Å². The molecule has 0 rings (SSSR count). The maximum atomic E-state index is 13.1. The number of carbonyl (C=O) groups excluding carboxylic acids is 4. The third-order valence-corrected chi connectivity index (χ3v) is 17.8. The second-order valence-corrected chi connectivity index (χ2v) is 28.8. The number of aliphatic hydroxyl groups excluding tert-OH is 1. The molecule has 592 valence electrons. The first-order valence-corrected chi connectivity index (χ1v) is 42.7. The predicted octanol–water partition coefficient (Wildman–Crippen LogP) is 23.2. The van der Waals surface area contributed by atoms with E-state index in [-0.39, 0.29) is 25.7 Å². The topological polar surface area (TPSA) is 237 Å². The molecule has 0 amide bonds. The van der Waals surface area contributed by atoms with Crippen LogP contribution in [-0.4, -0.2) is 96.7 Å². The van der Waals surface area contributed by atoms with E-state index >= 15 is 0 Å². The standard InChI is InChI=1S/C85H140O17P2/c1-5-9-13-17-21-25-29-33-36-38-39-41-43-47-50-54-58-62-66-70-83(88)96-76-81(102-85(90)72-68-64-60-56-52-48-44-40-37-34-30-26-22-18-14-10-6-2)78-100-104(93,94)98-74-79(86)73-97-103(91,92)99-77-80(101-84(89)71-67-63-59-55-51-45-32-28-24-20-16-12-8-4)75-95-82(87)69-65-61-57-53-49-46-42-35-31-27-23-19-15-11-7-3/h10-11,14-16,20-23,25-28,32-37,39,41-42,44,48-49,53,79-81,86H,5-9,12-13,17-19,24,29-31,38,40,43,45-47,50-52,54-78H2,1-4H3,(H,91,92)(H,93,94)/b14-10-,15-11-,20-16-,25-21-,26-22-,27-23-,32-28-,36-33-,37-34-,41-39-,42-35-,48-44-,53-49-. The van der Waals surface area contributed by atoms with Crippen molar-refractivity contribution in [2.45, 2.75) is 316 Å². The number of hydrogen-bond acceptors (Lipinski definition) is 15. The molecule has 0 aliphatic heterocycles. The van der Waals surface area contributed by atoms with Crippen LogP contribution in [0.4, 0.5) is 0 Å². The molecule has 0 spiro atoms. The highest BCUT2D eigenvalue weighted by Crippen LogP contribution is 2.45. The lowest BCUT2D eigenvalue weighted by Crippen LogP contribution is -2.30. The molecule has 0 aliphatic carbocycles. The first-order chi connectivity index (χ1) is 50.7. The van der Waals surface area contributed by atoms with Gasteiger partial charge in [0.15, 0.2) is 12.2 Å². The van der Waals surface area contributed by atoms with Crippen molar-refractivity contribution in [1.29, 1.82) is 0 Å². The summed E-state index contributed by atoms with van der Waals surface area (Å²) in [6.07, 6.45) is 88.0. The molecule has 0 saturated carbocycles. The van der Waals surface area contributed by atoms with Crippen molar-refractivity contribution >= 4 is 39.5 Å². The summed E-state index contributed by atoms with van der Waals surface area (Å²) in [5.74, 6) is -2.29. The number of allylic oxidation sites excluding steroid dienone is 26. The zero-order valence-corrected chi connectivity index (χ0v) is 66.4. The van der Waals surface area contributed by atoms with E-state index in [0.29, 0.717) is 25.7 Å². The monoisotopic (exact) mass is 1490 g/mol. The molecule has 0 aromatic heterocycles. The van der Waals surface area contributed by atoms with Gasteiger partial charge in [0.25, 0.3) is 0 Å². The molecular formula is C85H140O17P2.